The van der Waals surface area contributed by atoms with Crippen LogP contribution in [0.25, 0.3) is 0 Å². The van der Waals surface area contributed by atoms with Gasteiger partial charge in [0.05, 0.1) is 18.8 Å². The number of carbonyl (C=O) groups excluding carboxylic acids is 2. The van der Waals surface area contributed by atoms with Crippen LogP contribution in [0.3, 0.4) is 0 Å². The van der Waals surface area contributed by atoms with Gasteiger partial charge in [0.25, 0.3) is 0 Å². The fraction of sp³-hybridized carbons (Fsp3) is 0.667. The van der Waals surface area contributed by atoms with Crippen molar-refractivity contribution in [3.63, 3.8) is 0 Å². The van der Waals surface area contributed by atoms with E-state index in [1.54, 1.807) is 6.26 Å². The molecule has 1 aliphatic rings. The molecule has 0 aliphatic heterocycles. The molecule has 24 heavy (non-hydrogen) atoms. The molecule has 1 aliphatic carbocycles. The molecule has 0 saturated heterocycles. The maximum Gasteiger partial charge on any atom is 0.239 e. The lowest BCUT2D eigenvalue weighted by atomic mass is 10.1. The number of likely N-dealkylation sites (N-methyl/N-ethyl adjacent to an activating group) is 1. The Morgan fingerprint density at radius 3 is 2.54 bits per heavy atom. The first-order valence-electron chi connectivity index (χ1n) is 8.97. The molecule has 2 rings (SSSR count). The minimum atomic E-state index is -0.162. The first-order valence-corrected chi connectivity index (χ1v) is 8.97. The van der Waals surface area contributed by atoms with Crippen LogP contribution >= 0.6 is 0 Å². The smallest absolute Gasteiger partial charge is 0.239 e. The highest BCUT2D eigenvalue weighted by Gasteiger charge is 2.24. The predicted octanol–water partition coefficient (Wildman–Crippen LogP) is 2.09. The van der Waals surface area contributed by atoms with Crippen LogP contribution in [0, 0.1) is 5.92 Å². The quantitative estimate of drug-likeness (QED) is 0.724. The molecular weight excluding hydrogens is 306 g/mol. The largest absolute Gasteiger partial charge is 0.468 e. The van der Waals surface area contributed by atoms with Gasteiger partial charge in [-0.1, -0.05) is 26.7 Å². The van der Waals surface area contributed by atoms with Gasteiger partial charge in [0.2, 0.25) is 11.8 Å². The third-order valence-corrected chi connectivity index (χ3v) is 4.77. The predicted molar refractivity (Wildman–Crippen MR) is 92.3 cm³/mol. The zero-order valence-electron chi connectivity index (χ0n) is 14.7. The molecule has 0 aromatic carbocycles. The van der Waals surface area contributed by atoms with Crippen molar-refractivity contribution in [1.29, 1.82) is 0 Å². The number of furan rings is 1. The summed E-state index contributed by atoms with van der Waals surface area (Å²) in [5.41, 5.74) is 0. The Morgan fingerprint density at radius 1 is 1.25 bits per heavy atom. The van der Waals surface area contributed by atoms with Crippen molar-refractivity contribution in [2.75, 3.05) is 26.2 Å². The van der Waals surface area contributed by atoms with E-state index >= 15 is 0 Å². The van der Waals surface area contributed by atoms with Crippen molar-refractivity contribution >= 4 is 11.8 Å². The first kappa shape index (κ1) is 18.5. The second-order valence-corrected chi connectivity index (χ2v) is 6.26. The van der Waals surface area contributed by atoms with Crippen LogP contribution in [0.5, 0.6) is 0 Å². The van der Waals surface area contributed by atoms with Crippen LogP contribution in [-0.2, 0) is 9.59 Å². The minimum absolute atomic E-state index is 0.00415. The Balaban J connectivity index is 1.80. The lowest BCUT2D eigenvalue weighted by Gasteiger charge is -2.28. The summed E-state index contributed by atoms with van der Waals surface area (Å²) in [5, 5.41) is 5.66. The molecule has 134 valence electrons. The molecule has 6 heteroatoms. The normalized spacial score (nSPS) is 16.3. The first-order chi connectivity index (χ1) is 11.7. The van der Waals surface area contributed by atoms with Crippen LogP contribution in [0.1, 0.15) is 51.3 Å². The number of nitrogens with one attached hydrogen (secondary N) is 2. The Kier molecular flexibility index (Phi) is 7.31. The molecule has 0 radical (unpaired) electrons. The summed E-state index contributed by atoms with van der Waals surface area (Å²) in [5.74, 6) is 0.775. The molecule has 1 fully saturated rings. The van der Waals surface area contributed by atoms with Gasteiger partial charge in [0, 0.05) is 12.5 Å². The van der Waals surface area contributed by atoms with Crippen molar-refractivity contribution in [3.8, 4) is 0 Å². The Morgan fingerprint density at radius 2 is 1.96 bits per heavy atom. The molecule has 0 unspecified atom stereocenters. The van der Waals surface area contributed by atoms with E-state index in [1.165, 1.54) is 0 Å². The van der Waals surface area contributed by atoms with E-state index < -0.39 is 0 Å². The molecule has 0 spiro atoms. The zero-order valence-corrected chi connectivity index (χ0v) is 14.7. The van der Waals surface area contributed by atoms with Crippen LogP contribution < -0.4 is 10.6 Å². The van der Waals surface area contributed by atoms with E-state index in [0.29, 0.717) is 6.54 Å². The van der Waals surface area contributed by atoms with E-state index in [9.17, 15) is 9.59 Å². The summed E-state index contributed by atoms with van der Waals surface area (Å²) < 4.78 is 5.52. The van der Waals surface area contributed by atoms with E-state index in [0.717, 1.165) is 44.5 Å². The molecule has 1 aromatic heterocycles. The molecule has 0 bridgehead atoms. The molecule has 6 nitrogen and oxygen atoms in total. The summed E-state index contributed by atoms with van der Waals surface area (Å²) in [7, 11) is 0. The monoisotopic (exact) mass is 335 g/mol. The zero-order chi connectivity index (χ0) is 17.4. The van der Waals surface area contributed by atoms with Gasteiger partial charge in [-0.15, -0.1) is 0 Å². The maximum absolute atomic E-state index is 12.1. The van der Waals surface area contributed by atoms with Gasteiger partial charge in [-0.3, -0.25) is 14.5 Å². The van der Waals surface area contributed by atoms with Gasteiger partial charge >= 0.3 is 0 Å². The molecule has 2 N–H and O–H groups in total. The van der Waals surface area contributed by atoms with E-state index in [2.05, 4.69) is 29.4 Å². The molecule has 1 atom stereocenters. The van der Waals surface area contributed by atoms with Crippen LogP contribution in [0.2, 0.25) is 0 Å². The Labute approximate surface area is 144 Å². The van der Waals surface area contributed by atoms with Gasteiger partial charge in [-0.25, -0.2) is 0 Å². The lowest BCUT2D eigenvalue weighted by molar-refractivity contribution is -0.128. The highest BCUT2D eigenvalue weighted by atomic mass is 16.3. The number of hydrogen-bond acceptors (Lipinski definition) is 4. The van der Waals surface area contributed by atoms with E-state index in [-0.39, 0.29) is 30.3 Å². The van der Waals surface area contributed by atoms with Crippen LogP contribution in [0.4, 0.5) is 0 Å². The standard InChI is InChI=1S/C18H29N3O3/c1-3-21(4-2)15(16-10-7-11-24-16)12-19-17(22)13-20-18(23)14-8-5-6-9-14/h7,10-11,14-15H,3-6,8-9,12-13H2,1-2H3,(H,19,22)(H,20,23)/t15-/m0/s1. The van der Waals surface area contributed by atoms with Gasteiger partial charge in [0.15, 0.2) is 0 Å². The number of rotatable bonds is 9. The van der Waals surface area contributed by atoms with Crippen molar-refractivity contribution in [2.45, 2.75) is 45.6 Å². The Hall–Kier alpha value is -1.82. The molecule has 2 amide bonds. The fourth-order valence-electron chi connectivity index (χ4n) is 3.33. The summed E-state index contributed by atoms with van der Waals surface area (Å²) in [6.45, 7) is 6.42. The SMILES string of the molecule is CCN(CC)[C@@H](CNC(=O)CNC(=O)C1CCCC1)c1ccco1. The third kappa shape index (κ3) is 5.09. The maximum atomic E-state index is 12.1. The van der Waals surface area contributed by atoms with E-state index in [4.69, 9.17) is 4.42 Å². The van der Waals surface area contributed by atoms with Gasteiger partial charge in [-0.05, 0) is 38.1 Å². The molecule has 1 heterocycles. The number of amides is 2. The highest BCUT2D eigenvalue weighted by Crippen LogP contribution is 2.24. The summed E-state index contributed by atoms with van der Waals surface area (Å²) in [6.07, 6.45) is 5.75. The highest BCUT2D eigenvalue weighted by molar-refractivity contribution is 5.85. The number of nitrogens with zero attached hydrogens (tertiary/aromatic N) is 1. The summed E-state index contributed by atoms with van der Waals surface area (Å²) >= 11 is 0. The van der Waals surface area contributed by atoms with Crippen LogP contribution in [-0.4, -0.2) is 42.9 Å². The Bertz CT molecular complexity index is 506. The summed E-state index contributed by atoms with van der Waals surface area (Å²) in [6, 6.07) is 3.79. The van der Waals surface area contributed by atoms with E-state index in [1.807, 2.05) is 12.1 Å². The molecule has 1 saturated carbocycles. The van der Waals surface area contributed by atoms with Crippen LogP contribution in [0.15, 0.2) is 22.8 Å². The topological polar surface area (TPSA) is 74.6 Å². The number of carbonyl (C=O) groups is 2. The van der Waals surface area contributed by atoms with Crippen molar-refractivity contribution in [3.05, 3.63) is 24.2 Å². The minimum Gasteiger partial charge on any atom is -0.468 e. The fourth-order valence-corrected chi connectivity index (χ4v) is 3.33. The summed E-state index contributed by atoms with van der Waals surface area (Å²) in [4.78, 5) is 26.3. The second-order valence-electron chi connectivity index (χ2n) is 6.26. The number of hydrogen-bond donors (Lipinski definition) is 2. The lowest BCUT2D eigenvalue weighted by Crippen LogP contribution is -2.43. The van der Waals surface area contributed by atoms with Crippen molar-refractivity contribution in [1.82, 2.24) is 15.5 Å². The van der Waals surface area contributed by atoms with Gasteiger partial charge in [-0.2, -0.15) is 0 Å². The third-order valence-electron chi connectivity index (χ3n) is 4.77. The van der Waals surface area contributed by atoms with Gasteiger partial charge < -0.3 is 15.1 Å². The van der Waals surface area contributed by atoms with Gasteiger partial charge in [0.1, 0.15) is 5.76 Å². The molecule has 1 aromatic rings. The second kappa shape index (κ2) is 9.47. The van der Waals surface area contributed by atoms with Crippen molar-refractivity contribution in [2.24, 2.45) is 5.92 Å². The van der Waals surface area contributed by atoms with Crippen molar-refractivity contribution < 1.29 is 14.0 Å². The average molecular weight is 335 g/mol. The average Bonchev–Trinajstić information content (AvgIpc) is 3.29. The molecular formula is C18H29N3O3.